The van der Waals surface area contributed by atoms with Crippen molar-refractivity contribution in [1.82, 2.24) is 25.3 Å². The van der Waals surface area contributed by atoms with E-state index in [2.05, 4.69) is 10.6 Å². The van der Waals surface area contributed by atoms with E-state index < -0.39 is 41.4 Å². The predicted molar refractivity (Wildman–Crippen MR) is 162 cm³/mol. The highest BCUT2D eigenvalue weighted by Crippen LogP contribution is 2.35. The number of nitrogens with zero attached hydrogens (tertiary/aromatic N) is 4. The van der Waals surface area contributed by atoms with Gasteiger partial charge in [0.15, 0.2) is 5.82 Å². The number of imide groups is 2. The average molecular weight is 636 g/mol. The van der Waals surface area contributed by atoms with E-state index in [0.29, 0.717) is 57.8 Å². The number of likely N-dealkylation sites (tertiary alicyclic amines) is 1. The van der Waals surface area contributed by atoms with Crippen LogP contribution in [0.15, 0.2) is 30.3 Å². The third-order valence-corrected chi connectivity index (χ3v) is 8.99. The van der Waals surface area contributed by atoms with Crippen molar-refractivity contribution in [3.05, 3.63) is 52.8 Å². The Bertz CT molecular complexity index is 1630. The third kappa shape index (κ3) is 5.56. The number of halogens is 1. The molecule has 3 saturated heterocycles. The number of nitrogens with one attached hydrogen (secondary N) is 2. The monoisotopic (exact) mass is 635 g/mol. The fraction of sp³-hybridized carbons (Fsp3) is 0.419. The summed E-state index contributed by atoms with van der Waals surface area (Å²) in [5.41, 5.74) is 6.27. The lowest BCUT2D eigenvalue weighted by atomic mass is 10.0. The van der Waals surface area contributed by atoms with Crippen molar-refractivity contribution in [2.45, 2.75) is 37.8 Å². The molecule has 0 bridgehead atoms. The van der Waals surface area contributed by atoms with Crippen LogP contribution in [0, 0.1) is 5.82 Å². The van der Waals surface area contributed by atoms with E-state index in [1.54, 1.807) is 28.0 Å². The average Bonchev–Trinajstić information content (AvgIpc) is 3.31. The maximum Gasteiger partial charge on any atom is 0.320 e. The largest absolute Gasteiger partial charge is 0.497 e. The number of benzene rings is 2. The minimum atomic E-state index is -1.05. The molecule has 242 valence electrons. The van der Waals surface area contributed by atoms with E-state index in [4.69, 9.17) is 10.5 Å². The number of piperazine rings is 1. The number of urea groups is 1. The normalized spacial score (nSPS) is 20.5. The Morgan fingerprint density at radius 2 is 1.65 bits per heavy atom. The zero-order chi connectivity index (χ0) is 32.7. The molecule has 2 aromatic rings. The molecule has 4 heterocycles. The summed E-state index contributed by atoms with van der Waals surface area (Å²) in [5.74, 6) is -3.38. The van der Waals surface area contributed by atoms with Gasteiger partial charge in [-0.25, -0.2) is 9.18 Å². The van der Waals surface area contributed by atoms with Crippen LogP contribution in [0.5, 0.6) is 5.75 Å². The molecule has 4 aliphatic heterocycles. The van der Waals surface area contributed by atoms with Crippen LogP contribution in [0.2, 0.25) is 0 Å². The first-order valence-corrected chi connectivity index (χ1v) is 15.1. The van der Waals surface area contributed by atoms with Crippen LogP contribution < -0.4 is 26.0 Å². The number of carbonyl (C=O) groups excluding carboxylic acids is 6. The number of anilines is 2. The van der Waals surface area contributed by atoms with E-state index in [-0.39, 0.29) is 53.0 Å². The highest BCUT2D eigenvalue weighted by Gasteiger charge is 2.46. The maximum atomic E-state index is 14.5. The summed E-state index contributed by atoms with van der Waals surface area (Å²) in [5, 5.41) is 5.04. The van der Waals surface area contributed by atoms with Gasteiger partial charge in [-0.05, 0) is 37.5 Å². The van der Waals surface area contributed by atoms with Gasteiger partial charge in [0.05, 0.1) is 35.2 Å². The molecule has 3 fully saturated rings. The summed E-state index contributed by atoms with van der Waals surface area (Å²) >= 11 is 0. The lowest BCUT2D eigenvalue weighted by Crippen LogP contribution is -2.55. The van der Waals surface area contributed by atoms with Crippen molar-refractivity contribution in [2.75, 3.05) is 57.0 Å². The van der Waals surface area contributed by atoms with E-state index >= 15 is 0 Å². The quantitative estimate of drug-likeness (QED) is 0.319. The molecule has 1 atom stereocenters. The number of hydrogen-bond acceptors (Lipinski definition) is 9. The summed E-state index contributed by atoms with van der Waals surface area (Å²) < 4.78 is 19.6. The minimum Gasteiger partial charge on any atom is -0.497 e. The number of rotatable bonds is 5. The Labute approximate surface area is 263 Å². The van der Waals surface area contributed by atoms with Crippen molar-refractivity contribution in [1.29, 1.82) is 0 Å². The highest BCUT2D eigenvalue weighted by atomic mass is 19.1. The van der Waals surface area contributed by atoms with Crippen LogP contribution in [-0.2, 0) is 9.59 Å². The number of hydrogen-bond donors (Lipinski definition) is 3. The zero-order valence-electron chi connectivity index (χ0n) is 25.2. The van der Waals surface area contributed by atoms with Crippen molar-refractivity contribution >= 4 is 46.9 Å². The van der Waals surface area contributed by atoms with Crippen molar-refractivity contribution in [3.8, 4) is 5.75 Å². The molecule has 0 saturated carbocycles. The van der Waals surface area contributed by atoms with Crippen molar-refractivity contribution in [3.63, 3.8) is 0 Å². The van der Waals surface area contributed by atoms with Gasteiger partial charge < -0.3 is 30.5 Å². The molecule has 14 nitrogen and oxygen atoms in total. The summed E-state index contributed by atoms with van der Waals surface area (Å²) in [7, 11) is 1.40. The number of ether oxygens (including phenoxy) is 1. The van der Waals surface area contributed by atoms with Gasteiger partial charge in [-0.2, -0.15) is 0 Å². The molecular weight excluding hydrogens is 601 g/mol. The molecule has 4 N–H and O–H groups in total. The summed E-state index contributed by atoms with van der Waals surface area (Å²) in [4.78, 5) is 83.2. The molecule has 46 heavy (non-hydrogen) atoms. The Kier molecular flexibility index (Phi) is 8.23. The minimum absolute atomic E-state index is 0.0395. The topological polar surface area (TPSA) is 175 Å². The van der Waals surface area contributed by atoms with Crippen LogP contribution in [0.1, 0.15) is 56.8 Å². The molecule has 0 spiro atoms. The van der Waals surface area contributed by atoms with Crippen LogP contribution >= 0.6 is 0 Å². The second-order valence-electron chi connectivity index (χ2n) is 11.7. The first-order chi connectivity index (χ1) is 22.1. The van der Waals surface area contributed by atoms with Gasteiger partial charge in [-0.1, -0.05) is 6.07 Å². The van der Waals surface area contributed by atoms with Crippen molar-refractivity contribution < 1.29 is 37.9 Å². The lowest BCUT2D eigenvalue weighted by molar-refractivity contribution is -0.136. The number of nitrogen functional groups attached to an aromatic ring is 1. The molecule has 0 radical (unpaired) electrons. The highest BCUT2D eigenvalue weighted by molar-refractivity contribution is 6.25. The van der Waals surface area contributed by atoms with E-state index in [1.165, 1.54) is 19.2 Å². The number of methoxy groups -OCH3 is 1. The second-order valence-corrected chi connectivity index (χ2v) is 11.7. The first-order valence-electron chi connectivity index (χ1n) is 15.1. The van der Waals surface area contributed by atoms with Gasteiger partial charge in [0.25, 0.3) is 17.7 Å². The maximum absolute atomic E-state index is 14.5. The van der Waals surface area contributed by atoms with E-state index in [1.807, 2.05) is 4.90 Å². The molecule has 4 aliphatic rings. The van der Waals surface area contributed by atoms with Crippen LogP contribution in [0.4, 0.5) is 20.6 Å². The molecule has 0 aliphatic carbocycles. The van der Waals surface area contributed by atoms with Gasteiger partial charge in [-0.15, -0.1) is 0 Å². The zero-order valence-corrected chi connectivity index (χ0v) is 25.2. The van der Waals surface area contributed by atoms with Crippen LogP contribution in [-0.4, -0.2) is 109 Å². The number of piperidine rings is 2. The number of amides is 7. The molecule has 15 heteroatoms. The summed E-state index contributed by atoms with van der Waals surface area (Å²) in [6.45, 7) is 2.43. The molecule has 0 aromatic heterocycles. The Morgan fingerprint density at radius 3 is 2.33 bits per heavy atom. The Morgan fingerprint density at radius 1 is 0.957 bits per heavy atom. The Hall–Kier alpha value is -5.21. The SMILES string of the molecule is COc1cc(N)c(F)c(C(=O)NC2CCN(C(=O)N3CCN(c4cccc5c4C(=O)N(C4CCC(=O)NC4=O)C5=O)CC3)CC2)c1. The molecule has 6 rings (SSSR count). The third-order valence-electron chi connectivity index (χ3n) is 8.99. The Balaban J connectivity index is 1.04. The van der Waals surface area contributed by atoms with Gasteiger partial charge in [0, 0.05) is 57.8 Å². The predicted octanol–water partition coefficient (Wildman–Crippen LogP) is 0.954. The number of fused-ring (bicyclic) bond motifs is 1. The number of carbonyl (C=O) groups is 6. The summed E-state index contributed by atoms with van der Waals surface area (Å²) in [6, 6.07) is 6.16. The van der Waals surface area contributed by atoms with Gasteiger partial charge in [0.1, 0.15) is 11.8 Å². The molecule has 7 amide bonds. The molecule has 2 aromatic carbocycles. The standard InChI is InChI=1S/C31H34FN7O7/c1-46-18-15-20(26(32)21(33)16-18)27(41)34-17-7-9-37(10-8-17)31(45)38-13-11-36(12-14-38)22-4-2-3-19-25(22)30(44)39(29(19)43)23-5-6-24(40)35-28(23)42/h2-4,15-17,23H,5-14,33H2,1H3,(H,34,41)(H,35,40,42). The van der Waals surface area contributed by atoms with Crippen molar-refractivity contribution in [2.24, 2.45) is 0 Å². The van der Waals surface area contributed by atoms with Gasteiger partial charge in [0.2, 0.25) is 11.8 Å². The fourth-order valence-corrected chi connectivity index (χ4v) is 6.48. The van der Waals surface area contributed by atoms with Gasteiger partial charge in [-0.3, -0.25) is 34.2 Å². The number of nitrogens with two attached hydrogens (primary N) is 1. The molecular formula is C31H34FN7O7. The second kappa shape index (κ2) is 12.3. The lowest BCUT2D eigenvalue weighted by Gasteiger charge is -2.40. The van der Waals surface area contributed by atoms with Crippen LogP contribution in [0.25, 0.3) is 0 Å². The first kappa shape index (κ1) is 30.8. The smallest absolute Gasteiger partial charge is 0.320 e. The van der Waals surface area contributed by atoms with E-state index in [0.717, 1.165) is 4.90 Å². The van der Waals surface area contributed by atoms with E-state index in [9.17, 15) is 33.2 Å². The van der Waals surface area contributed by atoms with Crippen LogP contribution in [0.3, 0.4) is 0 Å². The molecule has 1 unspecified atom stereocenters. The summed E-state index contributed by atoms with van der Waals surface area (Å²) in [6.07, 6.45) is 1.10. The fourth-order valence-electron chi connectivity index (χ4n) is 6.48. The van der Waals surface area contributed by atoms with Gasteiger partial charge >= 0.3 is 6.03 Å².